The minimum atomic E-state index is -0.261. The number of halogens is 1. The summed E-state index contributed by atoms with van der Waals surface area (Å²) in [6.45, 7) is 4.13. The van der Waals surface area contributed by atoms with E-state index in [1.54, 1.807) is 34.9 Å². The highest BCUT2D eigenvalue weighted by atomic mass is 35.5. The van der Waals surface area contributed by atoms with Crippen LogP contribution in [0.4, 0.5) is 11.4 Å². The number of benzene rings is 3. The average molecular weight is 497 g/mol. The van der Waals surface area contributed by atoms with Gasteiger partial charge in [-0.05, 0) is 73.5 Å². The monoisotopic (exact) mass is 496 g/mol. The molecule has 1 N–H and O–H groups in total. The highest BCUT2D eigenvalue weighted by molar-refractivity contribution is 8.00. The van der Waals surface area contributed by atoms with Gasteiger partial charge in [0.25, 0.3) is 5.91 Å². The number of rotatable bonds is 8. The fourth-order valence-corrected chi connectivity index (χ4v) is 4.97. The van der Waals surface area contributed by atoms with Crippen molar-refractivity contribution in [2.75, 3.05) is 29.2 Å². The van der Waals surface area contributed by atoms with E-state index in [-0.39, 0.29) is 23.8 Å². The molecular formula is C26H25ClN2O4S. The standard InChI is InChI=1S/C26H25ClN2O4S/c1-3-32-23-14-18(26-29(25(31)16-34-26)21-10-8-19(27)9-11-21)7-12-22(23)33-15-24(30)28-20-6-4-5-17(2)13-20/h4-14,26H,3,15-16H2,1-2H3,(H,28,30)/t26-/m0/s1. The third-order valence-corrected chi connectivity index (χ3v) is 6.65. The number of amides is 2. The lowest BCUT2D eigenvalue weighted by Gasteiger charge is -2.25. The summed E-state index contributed by atoms with van der Waals surface area (Å²) in [7, 11) is 0. The average Bonchev–Trinajstić information content (AvgIpc) is 3.20. The molecule has 0 bridgehead atoms. The number of aryl methyl sites for hydroxylation is 1. The van der Waals surface area contributed by atoms with Crippen molar-refractivity contribution >= 4 is 46.6 Å². The molecule has 8 heteroatoms. The molecule has 1 aliphatic heterocycles. The number of hydrogen-bond acceptors (Lipinski definition) is 5. The van der Waals surface area contributed by atoms with Gasteiger partial charge in [-0.25, -0.2) is 0 Å². The van der Waals surface area contributed by atoms with Gasteiger partial charge in [0.2, 0.25) is 5.91 Å². The molecule has 1 fully saturated rings. The Hall–Kier alpha value is -3.16. The van der Waals surface area contributed by atoms with Gasteiger partial charge < -0.3 is 14.8 Å². The van der Waals surface area contributed by atoms with E-state index in [4.69, 9.17) is 21.1 Å². The number of nitrogens with zero attached hydrogens (tertiary/aromatic N) is 1. The molecule has 3 aromatic rings. The van der Waals surface area contributed by atoms with E-state index in [2.05, 4.69) is 5.32 Å². The maximum absolute atomic E-state index is 12.6. The molecular weight excluding hydrogens is 472 g/mol. The summed E-state index contributed by atoms with van der Waals surface area (Å²) in [5.74, 6) is 1.15. The molecule has 1 aliphatic rings. The number of ether oxygens (including phenoxy) is 2. The van der Waals surface area contributed by atoms with Crippen LogP contribution in [0.3, 0.4) is 0 Å². The van der Waals surface area contributed by atoms with E-state index in [9.17, 15) is 9.59 Å². The second-order valence-electron chi connectivity index (χ2n) is 7.75. The fourth-order valence-electron chi connectivity index (χ4n) is 3.68. The van der Waals surface area contributed by atoms with Gasteiger partial charge in [-0.3, -0.25) is 14.5 Å². The molecule has 4 rings (SSSR count). The van der Waals surface area contributed by atoms with Crippen molar-refractivity contribution in [2.24, 2.45) is 0 Å². The zero-order chi connectivity index (χ0) is 24.1. The molecule has 176 valence electrons. The Kier molecular flexibility index (Phi) is 7.65. The van der Waals surface area contributed by atoms with Crippen LogP contribution in [0.1, 0.15) is 23.4 Å². The zero-order valence-corrected chi connectivity index (χ0v) is 20.5. The predicted molar refractivity (Wildman–Crippen MR) is 137 cm³/mol. The van der Waals surface area contributed by atoms with Crippen LogP contribution in [0.5, 0.6) is 11.5 Å². The summed E-state index contributed by atoms with van der Waals surface area (Å²) in [4.78, 5) is 26.8. The predicted octanol–water partition coefficient (Wildman–Crippen LogP) is 5.84. The quantitative estimate of drug-likeness (QED) is 0.424. The van der Waals surface area contributed by atoms with Crippen LogP contribution < -0.4 is 19.7 Å². The van der Waals surface area contributed by atoms with Crippen LogP contribution in [-0.2, 0) is 9.59 Å². The first kappa shape index (κ1) is 24.0. The second-order valence-corrected chi connectivity index (χ2v) is 9.25. The summed E-state index contributed by atoms with van der Waals surface area (Å²) in [6.07, 6.45) is 0. The van der Waals surface area contributed by atoms with Gasteiger partial charge in [0.1, 0.15) is 5.37 Å². The molecule has 0 radical (unpaired) electrons. The van der Waals surface area contributed by atoms with E-state index >= 15 is 0 Å². The highest BCUT2D eigenvalue weighted by Crippen LogP contribution is 2.44. The number of anilines is 2. The summed E-state index contributed by atoms with van der Waals surface area (Å²) < 4.78 is 11.6. The van der Waals surface area contributed by atoms with Crippen molar-refractivity contribution in [3.8, 4) is 11.5 Å². The van der Waals surface area contributed by atoms with Gasteiger partial charge in [0, 0.05) is 16.4 Å². The third kappa shape index (κ3) is 5.66. The first-order valence-corrected chi connectivity index (χ1v) is 12.3. The van der Waals surface area contributed by atoms with Crippen LogP contribution in [0.25, 0.3) is 0 Å². The molecule has 0 saturated carbocycles. The fraction of sp³-hybridized carbons (Fsp3) is 0.231. The van der Waals surface area contributed by atoms with Crippen LogP contribution in [0.2, 0.25) is 5.02 Å². The van der Waals surface area contributed by atoms with Crippen molar-refractivity contribution < 1.29 is 19.1 Å². The summed E-state index contributed by atoms with van der Waals surface area (Å²) in [5.41, 5.74) is 3.48. The van der Waals surface area contributed by atoms with Crippen molar-refractivity contribution in [2.45, 2.75) is 19.2 Å². The molecule has 1 saturated heterocycles. The Bertz CT molecular complexity index is 1190. The Labute approximate surface area is 208 Å². The van der Waals surface area contributed by atoms with Gasteiger partial charge >= 0.3 is 0 Å². The lowest BCUT2D eigenvalue weighted by Crippen LogP contribution is -2.27. The smallest absolute Gasteiger partial charge is 0.262 e. The lowest BCUT2D eigenvalue weighted by atomic mass is 10.1. The van der Waals surface area contributed by atoms with Crippen molar-refractivity contribution in [3.63, 3.8) is 0 Å². The molecule has 2 amide bonds. The molecule has 3 aromatic carbocycles. The van der Waals surface area contributed by atoms with E-state index in [1.165, 1.54) is 0 Å². The number of hydrogen-bond donors (Lipinski definition) is 1. The zero-order valence-electron chi connectivity index (χ0n) is 18.9. The number of nitrogens with one attached hydrogen (secondary N) is 1. The van der Waals surface area contributed by atoms with Gasteiger partial charge in [-0.2, -0.15) is 0 Å². The van der Waals surface area contributed by atoms with Crippen molar-refractivity contribution in [3.05, 3.63) is 82.9 Å². The van der Waals surface area contributed by atoms with Crippen LogP contribution in [0, 0.1) is 6.92 Å². The second kappa shape index (κ2) is 10.8. The molecule has 1 atom stereocenters. The largest absolute Gasteiger partial charge is 0.490 e. The molecule has 0 aromatic heterocycles. The minimum Gasteiger partial charge on any atom is -0.490 e. The summed E-state index contributed by atoms with van der Waals surface area (Å²) in [5, 5.41) is 3.25. The normalized spacial score (nSPS) is 15.3. The molecule has 1 heterocycles. The SMILES string of the molecule is CCOc1cc([C@@H]2SCC(=O)N2c2ccc(Cl)cc2)ccc1OCC(=O)Nc1cccc(C)c1. The summed E-state index contributed by atoms with van der Waals surface area (Å²) in [6, 6.07) is 20.4. The maximum atomic E-state index is 12.6. The molecule has 34 heavy (non-hydrogen) atoms. The lowest BCUT2D eigenvalue weighted by molar-refractivity contribution is -0.118. The van der Waals surface area contributed by atoms with Crippen LogP contribution in [0.15, 0.2) is 66.7 Å². The molecule has 0 spiro atoms. The number of carbonyl (C=O) groups excluding carboxylic acids is 2. The molecule has 6 nitrogen and oxygen atoms in total. The Balaban J connectivity index is 1.50. The Morgan fingerprint density at radius 2 is 1.88 bits per heavy atom. The van der Waals surface area contributed by atoms with Crippen molar-refractivity contribution in [1.29, 1.82) is 0 Å². The number of thioether (sulfide) groups is 1. The topological polar surface area (TPSA) is 67.9 Å². The Morgan fingerprint density at radius 3 is 2.62 bits per heavy atom. The first-order valence-electron chi connectivity index (χ1n) is 10.9. The van der Waals surface area contributed by atoms with Crippen LogP contribution in [-0.4, -0.2) is 30.8 Å². The third-order valence-electron chi connectivity index (χ3n) is 5.19. The van der Waals surface area contributed by atoms with Gasteiger partial charge in [0.15, 0.2) is 18.1 Å². The number of carbonyl (C=O) groups is 2. The summed E-state index contributed by atoms with van der Waals surface area (Å²) >= 11 is 7.56. The van der Waals surface area contributed by atoms with Gasteiger partial charge in [0.05, 0.1) is 12.4 Å². The Morgan fingerprint density at radius 1 is 1.09 bits per heavy atom. The van der Waals surface area contributed by atoms with Crippen molar-refractivity contribution in [1.82, 2.24) is 0 Å². The van der Waals surface area contributed by atoms with Gasteiger partial charge in [-0.15, -0.1) is 11.8 Å². The molecule has 0 unspecified atom stereocenters. The van der Waals surface area contributed by atoms with Gasteiger partial charge in [-0.1, -0.05) is 29.8 Å². The van der Waals surface area contributed by atoms with E-state index in [0.717, 1.165) is 22.5 Å². The van der Waals surface area contributed by atoms with E-state index in [1.807, 2.05) is 62.4 Å². The first-order chi connectivity index (χ1) is 16.4. The van der Waals surface area contributed by atoms with E-state index in [0.29, 0.717) is 28.9 Å². The maximum Gasteiger partial charge on any atom is 0.262 e. The molecule has 0 aliphatic carbocycles. The highest BCUT2D eigenvalue weighted by Gasteiger charge is 2.34. The van der Waals surface area contributed by atoms with E-state index < -0.39 is 0 Å². The van der Waals surface area contributed by atoms with Crippen LogP contribution >= 0.6 is 23.4 Å². The minimum absolute atomic E-state index is 0.0310.